The number of halogens is 1. The lowest BCUT2D eigenvalue weighted by molar-refractivity contribution is 1.02. The quantitative estimate of drug-likeness (QED) is 0.676. The molecule has 0 bridgehead atoms. The van der Waals surface area contributed by atoms with Gasteiger partial charge in [-0.25, -0.2) is 14.8 Å². The van der Waals surface area contributed by atoms with Crippen LogP contribution in [0, 0.1) is 3.57 Å². The van der Waals surface area contributed by atoms with E-state index in [0.717, 1.165) is 0 Å². The van der Waals surface area contributed by atoms with Crippen LogP contribution in [0.25, 0.3) is 0 Å². The lowest BCUT2D eigenvalue weighted by atomic mass is 10.7. The molecular weight excluding hydrogens is 311 g/mol. The number of nitrogens with one attached hydrogen (secondary N) is 2. The van der Waals surface area contributed by atoms with Gasteiger partial charge in [-0.3, -0.25) is 9.78 Å². The fourth-order valence-corrected chi connectivity index (χ4v) is 0.937. The second-order valence-electron chi connectivity index (χ2n) is 2.32. The van der Waals surface area contributed by atoms with E-state index < -0.39 is 5.69 Å². The molecule has 2 N–H and O–H groups in total. The van der Waals surface area contributed by atoms with Crippen LogP contribution in [0.5, 0.6) is 0 Å². The van der Waals surface area contributed by atoms with Crippen LogP contribution in [0.3, 0.4) is 0 Å². The summed E-state index contributed by atoms with van der Waals surface area (Å²) in [5.41, 5.74) is -0.820. The normalized spacial score (nSPS) is 8.87. The molecule has 0 saturated carbocycles. The predicted molar refractivity (Wildman–Crippen MR) is 62.4 cm³/mol. The highest BCUT2D eigenvalue weighted by atomic mass is 127. The summed E-state index contributed by atoms with van der Waals surface area (Å²) in [7, 11) is 0. The third-order valence-corrected chi connectivity index (χ3v) is 2.05. The highest BCUT2D eigenvalue weighted by molar-refractivity contribution is 14.1. The van der Waals surface area contributed by atoms with Crippen molar-refractivity contribution in [3.05, 3.63) is 55.4 Å². The SMILES string of the molecule is O=c1[nH]cc(I)c(=O)[nH]1.c1cncnc1. The van der Waals surface area contributed by atoms with Crippen LogP contribution in [0.15, 0.2) is 40.6 Å². The minimum Gasteiger partial charge on any atom is -0.313 e. The Morgan fingerprint density at radius 3 is 2.20 bits per heavy atom. The van der Waals surface area contributed by atoms with E-state index in [0.29, 0.717) is 3.57 Å². The van der Waals surface area contributed by atoms with Gasteiger partial charge >= 0.3 is 5.69 Å². The van der Waals surface area contributed by atoms with Crippen molar-refractivity contribution >= 4 is 22.6 Å². The zero-order chi connectivity index (χ0) is 11.1. The Morgan fingerprint density at radius 2 is 1.87 bits per heavy atom. The van der Waals surface area contributed by atoms with Gasteiger partial charge in [0.05, 0.1) is 3.57 Å². The Kier molecular flexibility index (Phi) is 4.68. The van der Waals surface area contributed by atoms with Crippen LogP contribution in [0.2, 0.25) is 0 Å². The van der Waals surface area contributed by atoms with E-state index in [1.165, 1.54) is 12.5 Å². The monoisotopic (exact) mass is 318 g/mol. The first-order chi connectivity index (χ1) is 7.20. The molecule has 0 aliphatic rings. The number of aromatic amines is 2. The van der Waals surface area contributed by atoms with Crippen LogP contribution in [0.4, 0.5) is 0 Å². The van der Waals surface area contributed by atoms with Gasteiger partial charge in [0.25, 0.3) is 5.56 Å². The first kappa shape index (κ1) is 11.6. The van der Waals surface area contributed by atoms with Crippen molar-refractivity contribution in [2.75, 3.05) is 0 Å². The molecule has 0 aliphatic heterocycles. The second-order valence-corrected chi connectivity index (χ2v) is 3.49. The summed E-state index contributed by atoms with van der Waals surface area (Å²) in [6.07, 6.45) is 6.24. The molecule has 2 aromatic rings. The molecule has 78 valence electrons. The molecule has 15 heavy (non-hydrogen) atoms. The fraction of sp³-hybridized carbons (Fsp3) is 0. The average Bonchev–Trinajstić information content (AvgIpc) is 2.27. The van der Waals surface area contributed by atoms with Gasteiger partial charge in [0.15, 0.2) is 0 Å². The van der Waals surface area contributed by atoms with Crippen LogP contribution in [-0.2, 0) is 0 Å². The molecular formula is C8H7IN4O2. The van der Waals surface area contributed by atoms with E-state index in [2.05, 4.69) is 19.9 Å². The third-order valence-electron chi connectivity index (χ3n) is 1.25. The Balaban J connectivity index is 0.000000162. The van der Waals surface area contributed by atoms with Gasteiger partial charge in [-0.05, 0) is 28.7 Å². The molecule has 2 heterocycles. The van der Waals surface area contributed by atoms with Crippen molar-refractivity contribution in [3.8, 4) is 0 Å². The summed E-state index contributed by atoms with van der Waals surface area (Å²) >= 11 is 1.83. The number of aromatic nitrogens is 4. The molecule has 7 heteroatoms. The molecule has 0 aliphatic carbocycles. The van der Waals surface area contributed by atoms with Gasteiger partial charge in [-0.15, -0.1) is 0 Å². The molecule has 2 rings (SSSR count). The maximum absolute atomic E-state index is 10.6. The van der Waals surface area contributed by atoms with E-state index >= 15 is 0 Å². The molecule has 0 aromatic carbocycles. The summed E-state index contributed by atoms with van der Waals surface area (Å²) in [5.74, 6) is 0. The molecule has 0 amide bonds. The first-order valence-electron chi connectivity index (χ1n) is 3.87. The van der Waals surface area contributed by atoms with Crippen molar-refractivity contribution in [3.63, 3.8) is 0 Å². The van der Waals surface area contributed by atoms with Crippen LogP contribution in [-0.4, -0.2) is 19.9 Å². The minimum atomic E-state index is -0.472. The van der Waals surface area contributed by atoms with Gasteiger partial charge in [0.1, 0.15) is 6.33 Å². The van der Waals surface area contributed by atoms with E-state index in [4.69, 9.17) is 0 Å². The van der Waals surface area contributed by atoms with E-state index in [1.807, 2.05) is 22.6 Å². The molecule has 2 aromatic heterocycles. The lowest BCUT2D eigenvalue weighted by Gasteiger charge is -1.82. The Hall–Kier alpha value is -1.51. The first-order valence-corrected chi connectivity index (χ1v) is 4.95. The number of hydrogen-bond acceptors (Lipinski definition) is 4. The molecule has 0 spiro atoms. The standard InChI is InChI=1S/C4H3IN2O2.C4H4N2/c5-2-1-6-4(9)7-3(2)8;1-2-5-4-6-3-1/h1H,(H2,6,7,8,9);1-4H. The largest absolute Gasteiger partial charge is 0.325 e. The number of H-pyrrole nitrogens is 2. The summed E-state index contributed by atoms with van der Waals surface area (Å²) < 4.78 is 0.479. The summed E-state index contributed by atoms with van der Waals surface area (Å²) in [6, 6.07) is 1.78. The molecule has 0 radical (unpaired) electrons. The van der Waals surface area contributed by atoms with Crippen molar-refractivity contribution in [2.24, 2.45) is 0 Å². The van der Waals surface area contributed by atoms with Gasteiger partial charge < -0.3 is 4.98 Å². The zero-order valence-electron chi connectivity index (χ0n) is 7.48. The number of rotatable bonds is 0. The smallest absolute Gasteiger partial charge is 0.313 e. The van der Waals surface area contributed by atoms with Crippen molar-refractivity contribution in [1.82, 2.24) is 19.9 Å². The van der Waals surface area contributed by atoms with Crippen molar-refractivity contribution < 1.29 is 0 Å². The molecule has 0 unspecified atom stereocenters. The van der Waals surface area contributed by atoms with E-state index in [-0.39, 0.29) is 5.56 Å². The van der Waals surface area contributed by atoms with Crippen molar-refractivity contribution in [2.45, 2.75) is 0 Å². The Bertz CT molecular complexity index is 481. The maximum atomic E-state index is 10.6. The van der Waals surface area contributed by atoms with Crippen LogP contribution < -0.4 is 11.2 Å². The molecule has 0 atom stereocenters. The lowest BCUT2D eigenvalue weighted by Crippen LogP contribution is -2.22. The topological polar surface area (TPSA) is 91.5 Å². The molecule has 0 saturated heterocycles. The highest BCUT2D eigenvalue weighted by Crippen LogP contribution is 1.87. The third kappa shape index (κ3) is 4.49. The van der Waals surface area contributed by atoms with Gasteiger partial charge in [-0.2, -0.15) is 0 Å². The second kappa shape index (κ2) is 6.06. The minimum absolute atomic E-state index is 0.348. The predicted octanol–water partition coefficient (Wildman–Crippen LogP) is 0.144. The van der Waals surface area contributed by atoms with Gasteiger partial charge in [0, 0.05) is 18.6 Å². The highest BCUT2D eigenvalue weighted by Gasteiger charge is 1.90. The van der Waals surface area contributed by atoms with E-state index in [1.54, 1.807) is 18.5 Å². The average molecular weight is 318 g/mol. The van der Waals surface area contributed by atoms with Crippen molar-refractivity contribution in [1.29, 1.82) is 0 Å². The Labute approximate surface area is 98.0 Å². The summed E-state index contributed by atoms with van der Waals surface area (Å²) in [5, 5.41) is 0. The van der Waals surface area contributed by atoms with Gasteiger partial charge in [-0.1, -0.05) is 0 Å². The van der Waals surface area contributed by atoms with Crippen LogP contribution in [0.1, 0.15) is 0 Å². The Morgan fingerprint density at radius 1 is 1.20 bits per heavy atom. The maximum Gasteiger partial charge on any atom is 0.325 e. The summed E-state index contributed by atoms with van der Waals surface area (Å²) in [6.45, 7) is 0. The number of hydrogen-bond donors (Lipinski definition) is 2. The zero-order valence-corrected chi connectivity index (χ0v) is 9.63. The van der Waals surface area contributed by atoms with E-state index in [9.17, 15) is 9.59 Å². The summed E-state index contributed by atoms with van der Waals surface area (Å²) in [4.78, 5) is 32.6. The fourth-order valence-electron chi connectivity index (χ4n) is 0.647. The molecule has 6 nitrogen and oxygen atoms in total. The number of nitrogens with zero attached hydrogens (tertiary/aromatic N) is 2. The van der Waals surface area contributed by atoms with Gasteiger partial charge in [0.2, 0.25) is 0 Å². The molecule has 0 fully saturated rings. The van der Waals surface area contributed by atoms with Crippen LogP contribution >= 0.6 is 22.6 Å².